The zero-order valence-electron chi connectivity index (χ0n) is 17.1. The lowest BCUT2D eigenvalue weighted by Crippen LogP contribution is -2.15. The molecule has 0 nitrogen and oxygen atoms in total. The smallest absolute Gasteiger partial charge is 0.131 e. The van der Waals surface area contributed by atoms with Gasteiger partial charge in [-0.2, -0.15) is 0 Å². The van der Waals surface area contributed by atoms with Crippen LogP contribution in [-0.4, -0.2) is 0 Å². The Morgan fingerprint density at radius 1 is 0.741 bits per heavy atom. The van der Waals surface area contributed by atoms with Gasteiger partial charge in [0.15, 0.2) is 0 Å². The molecule has 0 aliphatic heterocycles. The SMILES string of the molecule is CCCc1ccc(-c2ccc(CC[C@H]3CC[C@H](CCC)CC3)cc2)c(F)c1. The monoisotopic (exact) mass is 366 g/mol. The summed E-state index contributed by atoms with van der Waals surface area (Å²) in [6.45, 7) is 4.43. The van der Waals surface area contributed by atoms with E-state index in [0.29, 0.717) is 0 Å². The standard InChI is InChI=1S/C26H35F/c1-3-5-20-7-9-21(10-8-20)11-12-22-13-16-24(17-14-22)25-18-15-23(6-4-2)19-26(25)27/h13-21H,3-12H2,1-2H3/t20-,21-. The fourth-order valence-electron chi connectivity index (χ4n) is 4.68. The molecular weight excluding hydrogens is 331 g/mol. The maximum atomic E-state index is 14.4. The van der Waals surface area contributed by atoms with E-state index in [1.165, 1.54) is 50.5 Å². The second-order valence-electron chi connectivity index (χ2n) is 8.48. The summed E-state index contributed by atoms with van der Waals surface area (Å²) in [7, 11) is 0. The number of benzene rings is 2. The van der Waals surface area contributed by atoms with Gasteiger partial charge < -0.3 is 0 Å². The fourth-order valence-corrected chi connectivity index (χ4v) is 4.68. The predicted molar refractivity (Wildman–Crippen MR) is 115 cm³/mol. The van der Waals surface area contributed by atoms with Crippen molar-refractivity contribution >= 4 is 0 Å². The summed E-state index contributed by atoms with van der Waals surface area (Å²) < 4.78 is 14.4. The van der Waals surface area contributed by atoms with E-state index in [0.717, 1.165) is 47.8 Å². The van der Waals surface area contributed by atoms with Gasteiger partial charge in [0, 0.05) is 5.56 Å². The summed E-state index contributed by atoms with van der Waals surface area (Å²) in [5, 5.41) is 0. The second-order valence-corrected chi connectivity index (χ2v) is 8.48. The summed E-state index contributed by atoms with van der Waals surface area (Å²) in [5.74, 6) is 1.79. The van der Waals surface area contributed by atoms with Gasteiger partial charge in [-0.25, -0.2) is 4.39 Å². The summed E-state index contributed by atoms with van der Waals surface area (Å²) in [6, 6.07) is 14.3. The van der Waals surface area contributed by atoms with E-state index in [4.69, 9.17) is 0 Å². The Morgan fingerprint density at radius 3 is 1.96 bits per heavy atom. The minimum Gasteiger partial charge on any atom is -0.206 e. The molecule has 1 saturated carbocycles. The van der Waals surface area contributed by atoms with Crippen LogP contribution >= 0.6 is 0 Å². The molecule has 0 radical (unpaired) electrons. The highest BCUT2D eigenvalue weighted by Gasteiger charge is 2.20. The molecule has 0 N–H and O–H groups in total. The first-order valence-electron chi connectivity index (χ1n) is 11.1. The summed E-state index contributed by atoms with van der Waals surface area (Å²) in [6.07, 6.45) is 12.9. The van der Waals surface area contributed by atoms with Gasteiger partial charge in [-0.1, -0.05) is 95.2 Å². The van der Waals surface area contributed by atoms with E-state index in [2.05, 4.69) is 44.2 Å². The normalized spacial score (nSPS) is 20.0. The molecule has 0 atom stereocenters. The molecule has 1 fully saturated rings. The Hall–Kier alpha value is -1.63. The van der Waals surface area contributed by atoms with E-state index < -0.39 is 0 Å². The summed E-state index contributed by atoms with van der Waals surface area (Å²) in [4.78, 5) is 0. The third-order valence-electron chi connectivity index (χ3n) is 6.34. The number of hydrogen-bond acceptors (Lipinski definition) is 0. The maximum Gasteiger partial charge on any atom is 0.131 e. The first kappa shape index (κ1) is 20.1. The van der Waals surface area contributed by atoms with Gasteiger partial charge in [-0.3, -0.25) is 0 Å². The van der Waals surface area contributed by atoms with Crippen molar-refractivity contribution in [3.8, 4) is 11.1 Å². The third-order valence-corrected chi connectivity index (χ3v) is 6.34. The van der Waals surface area contributed by atoms with Crippen LogP contribution in [0.5, 0.6) is 0 Å². The zero-order valence-corrected chi connectivity index (χ0v) is 17.1. The second kappa shape index (κ2) is 10.1. The Balaban J connectivity index is 1.53. The Labute approximate surface area is 165 Å². The molecule has 1 aliphatic rings. The topological polar surface area (TPSA) is 0 Å². The summed E-state index contributed by atoms with van der Waals surface area (Å²) in [5.41, 5.74) is 4.18. The van der Waals surface area contributed by atoms with Gasteiger partial charge >= 0.3 is 0 Å². The number of halogens is 1. The van der Waals surface area contributed by atoms with Crippen molar-refractivity contribution in [3.63, 3.8) is 0 Å². The van der Waals surface area contributed by atoms with Crippen LogP contribution in [0.3, 0.4) is 0 Å². The van der Waals surface area contributed by atoms with Crippen LogP contribution in [0.25, 0.3) is 11.1 Å². The molecule has 0 heterocycles. The Kier molecular flexibility index (Phi) is 7.50. The Bertz CT molecular complexity index is 693. The van der Waals surface area contributed by atoms with Crippen molar-refractivity contribution in [1.29, 1.82) is 0 Å². The number of rotatable bonds is 8. The van der Waals surface area contributed by atoms with Crippen LogP contribution in [0.4, 0.5) is 4.39 Å². The lowest BCUT2D eigenvalue weighted by molar-refractivity contribution is 0.252. The summed E-state index contributed by atoms with van der Waals surface area (Å²) >= 11 is 0. The molecule has 2 aromatic carbocycles. The lowest BCUT2D eigenvalue weighted by atomic mass is 9.78. The molecular formula is C26H35F. The van der Waals surface area contributed by atoms with Crippen molar-refractivity contribution < 1.29 is 4.39 Å². The molecule has 0 saturated heterocycles. The maximum absolute atomic E-state index is 14.4. The number of hydrogen-bond donors (Lipinski definition) is 0. The zero-order chi connectivity index (χ0) is 19.1. The van der Waals surface area contributed by atoms with Crippen LogP contribution in [0.15, 0.2) is 42.5 Å². The van der Waals surface area contributed by atoms with Gasteiger partial charge in [-0.15, -0.1) is 0 Å². The molecule has 146 valence electrons. The van der Waals surface area contributed by atoms with Crippen LogP contribution in [0.2, 0.25) is 0 Å². The van der Waals surface area contributed by atoms with Crippen molar-refractivity contribution in [1.82, 2.24) is 0 Å². The first-order chi connectivity index (χ1) is 13.2. The van der Waals surface area contributed by atoms with Gasteiger partial charge in [0.2, 0.25) is 0 Å². The molecule has 2 aromatic rings. The van der Waals surface area contributed by atoms with E-state index in [-0.39, 0.29) is 5.82 Å². The fraction of sp³-hybridized carbons (Fsp3) is 0.538. The van der Waals surface area contributed by atoms with Crippen LogP contribution in [-0.2, 0) is 12.8 Å². The highest BCUT2D eigenvalue weighted by atomic mass is 19.1. The van der Waals surface area contributed by atoms with Gasteiger partial charge in [0.05, 0.1) is 0 Å². The van der Waals surface area contributed by atoms with Crippen LogP contribution in [0.1, 0.15) is 76.3 Å². The van der Waals surface area contributed by atoms with Gasteiger partial charge in [0.1, 0.15) is 5.82 Å². The van der Waals surface area contributed by atoms with E-state index in [1.807, 2.05) is 6.07 Å². The molecule has 1 aliphatic carbocycles. The van der Waals surface area contributed by atoms with Crippen molar-refractivity contribution in [2.24, 2.45) is 11.8 Å². The van der Waals surface area contributed by atoms with E-state index in [9.17, 15) is 4.39 Å². The molecule has 0 bridgehead atoms. The molecule has 0 aromatic heterocycles. The van der Waals surface area contributed by atoms with Crippen LogP contribution in [0, 0.1) is 17.7 Å². The highest BCUT2D eigenvalue weighted by molar-refractivity contribution is 5.64. The minimum absolute atomic E-state index is 0.0995. The molecule has 0 amide bonds. The molecule has 0 spiro atoms. The minimum atomic E-state index is -0.0995. The molecule has 0 unspecified atom stereocenters. The lowest BCUT2D eigenvalue weighted by Gasteiger charge is -2.28. The average molecular weight is 367 g/mol. The van der Waals surface area contributed by atoms with E-state index in [1.54, 1.807) is 6.07 Å². The molecule has 27 heavy (non-hydrogen) atoms. The third kappa shape index (κ3) is 5.67. The van der Waals surface area contributed by atoms with E-state index >= 15 is 0 Å². The molecule has 1 heteroatoms. The van der Waals surface area contributed by atoms with Gasteiger partial charge in [0.25, 0.3) is 0 Å². The van der Waals surface area contributed by atoms with Crippen molar-refractivity contribution in [3.05, 3.63) is 59.4 Å². The number of aryl methyl sites for hydroxylation is 2. The predicted octanol–water partition coefficient (Wildman–Crippen LogP) is 7.98. The largest absolute Gasteiger partial charge is 0.206 e. The average Bonchev–Trinajstić information content (AvgIpc) is 2.69. The highest BCUT2D eigenvalue weighted by Crippen LogP contribution is 2.34. The van der Waals surface area contributed by atoms with Crippen LogP contribution < -0.4 is 0 Å². The molecule has 3 rings (SSSR count). The quantitative estimate of drug-likeness (QED) is 0.444. The first-order valence-corrected chi connectivity index (χ1v) is 11.1. The Morgan fingerprint density at radius 2 is 1.37 bits per heavy atom. The van der Waals surface area contributed by atoms with Crippen molar-refractivity contribution in [2.75, 3.05) is 0 Å². The van der Waals surface area contributed by atoms with Crippen molar-refractivity contribution in [2.45, 2.75) is 78.1 Å². The van der Waals surface area contributed by atoms with Gasteiger partial charge in [-0.05, 0) is 53.9 Å².